The summed E-state index contributed by atoms with van der Waals surface area (Å²) in [7, 11) is 0. The molecule has 0 unspecified atom stereocenters. The summed E-state index contributed by atoms with van der Waals surface area (Å²) in [6, 6.07) is 81.9. The highest BCUT2D eigenvalue weighted by molar-refractivity contribution is 6.22. The van der Waals surface area contributed by atoms with Crippen molar-refractivity contribution in [2.45, 2.75) is 0 Å². The van der Waals surface area contributed by atoms with Crippen LogP contribution in [0.4, 0.5) is 17.1 Å². The minimum Gasteiger partial charge on any atom is -0.435 e. The van der Waals surface area contributed by atoms with Crippen LogP contribution >= 0.6 is 0 Å². The molecule has 0 atom stereocenters. The van der Waals surface area contributed by atoms with E-state index in [-0.39, 0.29) is 0 Å². The fourth-order valence-electron chi connectivity index (χ4n) is 8.66. The standard InChI is InChI=1S/C57H38N2O/c1-5-17-39(18-6-1)40-29-32-45(33-30-40)59(54-28-16-15-27-50(54)48-26-14-13-25-47(48)41-19-7-2-8-20-41)46-34-35-49-51(42-21-9-3-10-22-42)37-44-31-36-53-56(55(44)52(49)38-46)60-57(58-53)43-23-11-4-12-24-43/h1-38H. The average molecular weight is 767 g/mol. The Bertz CT molecular complexity index is 3290. The highest BCUT2D eigenvalue weighted by Gasteiger charge is 2.22. The second kappa shape index (κ2) is 15.1. The first-order chi connectivity index (χ1) is 29.8. The van der Waals surface area contributed by atoms with Crippen LogP contribution in [0.15, 0.2) is 235 Å². The Kier molecular flexibility index (Phi) is 8.83. The Morgan fingerprint density at radius 1 is 0.350 bits per heavy atom. The van der Waals surface area contributed by atoms with E-state index in [0.717, 1.165) is 66.4 Å². The molecule has 0 N–H and O–H groups in total. The molecule has 10 aromatic carbocycles. The van der Waals surface area contributed by atoms with Gasteiger partial charge < -0.3 is 9.32 Å². The highest BCUT2D eigenvalue weighted by atomic mass is 16.3. The van der Waals surface area contributed by atoms with Gasteiger partial charge in [-0.05, 0) is 110 Å². The van der Waals surface area contributed by atoms with Gasteiger partial charge in [-0.15, -0.1) is 0 Å². The second-order valence-corrected chi connectivity index (χ2v) is 15.1. The SMILES string of the molecule is c1ccc(-c2ccc(N(c3ccc4c(-c5ccccc5)cc5ccc6nc(-c7ccccc7)oc6c5c4c3)c3ccccc3-c3ccccc3-c3ccccc3)cc2)cc1. The number of anilines is 3. The summed E-state index contributed by atoms with van der Waals surface area (Å²) in [5, 5.41) is 4.38. The average Bonchev–Trinajstić information content (AvgIpc) is 3.78. The molecule has 0 fully saturated rings. The highest BCUT2D eigenvalue weighted by Crippen LogP contribution is 2.47. The van der Waals surface area contributed by atoms with Crippen molar-refractivity contribution in [3.63, 3.8) is 0 Å². The fourth-order valence-corrected chi connectivity index (χ4v) is 8.66. The summed E-state index contributed by atoms with van der Waals surface area (Å²) in [5.41, 5.74) is 15.1. The number of hydrogen-bond donors (Lipinski definition) is 0. The fraction of sp³-hybridized carbons (Fsp3) is 0. The molecule has 0 amide bonds. The maximum absolute atomic E-state index is 6.75. The smallest absolute Gasteiger partial charge is 0.227 e. The predicted octanol–water partition coefficient (Wildman–Crippen LogP) is 15.9. The Morgan fingerprint density at radius 3 is 1.57 bits per heavy atom. The van der Waals surface area contributed by atoms with Crippen LogP contribution in [0, 0.1) is 0 Å². The van der Waals surface area contributed by atoms with E-state index in [0.29, 0.717) is 5.89 Å². The largest absolute Gasteiger partial charge is 0.435 e. The van der Waals surface area contributed by atoms with E-state index in [1.54, 1.807) is 0 Å². The Morgan fingerprint density at radius 2 is 0.883 bits per heavy atom. The third-order valence-corrected chi connectivity index (χ3v) is 11.5. The Labute approximate surface area is 349 Å². The summed E-state index contributed by atoms with van der Waals surface area (Å²) in [4.78, 5) is 7.41. The zero-order chi connectivity index (χ0) is 39.8. The van der Waals surface area contributed by atoms with E-state index < -0.39 is 0 Å². The van der Waals surface area contributed by atoms with Crippen molar-refractivity contribution in [2.24, 2.45) is 0 Å². The van der Waals surface area contributed by atoms with E-state index in [4.69, 9.17) is 9.40 Å². The molecule has 0 spiro atoms. The molecule has 0 saturated heterocycles. The molecule has 0 bridgehead atoms. The molecule has 11 aromatic rings. The van der Waals surface area contributed by atoms with Crippen molar-refractivity contribution >= 4 is 49.7 Å². The second-order valence-electron chi connectivity index (χ2n) is 15.1. The van der Waals surface area contributed by atoms with Gasteiger partial charge in [-0.3, -0.25) is 0 Å². The molecule has 282 valence electrons. The molecule has 3 nitrogen and oxygen atoms in total. The van der Waals surface area contributed by atoms with Crippen molar-refractivity contribution in [3.05, 3.63) is 231 Å². The topological polar surface area (TPSA) is 29.3 Å². The first-order valence-corrected chi connectivity index (χ1v) is 20.4. The van der Waals surface area contributed by atoms with Crippen LogP contribution in [0.1, 0.15) is 0 Å². The maximum atomic E-state index is 6.75. The van der Waals surface area contributed by atoms with Crippen LogP contribution in [-0.4, -0.2) is 4.98 Å². The van der Waals surface area contributed by atoms with Gasteiger partial charge in [0.1, 0.15) is 5.52 Å². The van der Waals surface area contributed by atoms with Crippen LogP contribution in [0.5, 0.6) is 0 Å². The molecule has 60 heavy (non-hydrogen) atoms. The Hall–Kier alpha value is -8.01. The summed E-state index contributed by atoms with van der Waals surface area (Å²) < 4.78 is 6.75. The van der Waals surface area contributed by atoms with Gasteiger partial charge in [-0.25, -0.2) is 4.98 Å². The van der Waals surface area contributed by atoms with Crippen molar-refractivity contribution in [3.8, 4) is 56.0 Å². The van der Waals surface area contributed by atoms with Crippen LogP contribution < -0.4 is 4.90 Å². The third kappa shape index (κ3) is 6.30. The van der Waals surface area contributed by atoms with E-state index in [1.165, 1.54) is 33.4 Å². The van der Waals surface area contributed by atoms with Crippen molar-refractivity contribution < 1.29 is 4.42 Å². The zero-order valence-corrected chi connectivity index (χ0v) is 32.7. The van der Waals surface area contributed by atoms with Crippen LogP contribution in [0.25, 0.3) is 88.6 Å². The lowest BCUT2D eigenvalue weighted by molar-refractivity contribution is 0.623. The number of aromatic nitrogens is 1. The van der Waals surface area contributed by atoms with Gasteiger partial charge in [0.2, 0.25) is 5.89 Å². The number of benzene rings is 10. The number of oxazole rings is 1. The number of fused-ring (bicyclic) bond motifs is 5. The van der Waals surface area contributed by atoms with Crippen LogP contribution in [0.3, 0.4) is 0 Å². The molecule has 1 aromatic heterocycles. The minimum absolute atomic E-state index is 0.612. The van der Waals surface area contributed by atoms with E-state index in [1.807, 2.05) is 30.3 Å². The summed E-state index contributed by atoms with van der Waals surface area (Å²) in [6.45, 7) is 0. The molecular formula is C57H38N2O. The third-order valence-electron chi connectivity index (χ3n) is 11.5. The first kappa shape index (κ1) is 35.2. The number of nitrogens with zero attached hydrogens (tertiary/aromatic N) is 2. The van der Waals surface area contributed by atoms with Crippen molar-refractivity contribution in [2.75, 3.05) is 4.90 Å². The quantitative estimate of drug-likeness (QED) is 0.144. The minimum atomic E-state index is 0.612. The molecule has 3 heteroatoms. The molecule has 0 aliphatic carbocycles. The lowest BCUT2D eigenvalue weighted by Gasteiger charge is -2.29. The number of para-hydroxylation sites is 1. The van der Waals surface area contributed by atoms with Crippen LogP contribution in [-0.2, 0) is 0 Å². The molecule has 0 aliphatic heterocycles. The van der Waals surface area contributed by atoms with E-state index in [2.05, 4.69) is 205 Å². The molecule has 0 radical (unpaired) electrons. The van der Waals surface area contributed by atoms with Gasteiger partial charge in [0, 0.05) is 27.9 Å². The predicted molar refractivity (Wildman–Crippen MR) is 251 cm³/mol. The van der Waals surface area contributed by atoms with Crippen molar-refractivity contribution in [1.82, 2.24) is 4.98 Å². The van der Waals surface area contributed by atoms with E-state index >= 15 is 0 Å². The molecule has 0 saturated carbocycles. The lowest BCUT2D eigenvalue weighted by Crippen LogP contribution is -2.11. The molecule has 0 aliphatic rings. The summed E-state index contributed by atoms with van der Waals surface area (Å²) in [6.07, 6.45) is 0. The van der Waals surface area contributed by atoms with Gasteiger partial charge in [0.25, 0.3) is 0 Å². The maximum Gasteiger partial charge on any atom is 0.227 e. The van der Waals surface area contributed by atoms with Gasteiger partial charge in [-0.2, -0.15) is 0 Å². The van der Waals surface area contributed by atoms with Gasteiger partial charge in [0.15, 0.2) is 5.58 Å². The molecule has 11 rings (SSSR count). The van der Waals surface area contributed by atoms with Crippen LogP contribution in [0.2, 0.25) is 0 Å². The number of rotatable bonds is 8. The Balaban J connectivity index is 1.18. The lowest BCUT2D eigenvalue weighted by atomic mass is 9.91. The molecular weight excluding hydrogens is 729 g/mol. The summed E-state index contributed by atoms with van der Waals surface area (Å²) >= 11 is 0. The van der Waals surface area contributed by atoms with E-state index in [9.17, 15) is 0 Å². The summed E-state index contributed by atoms with van der Waals surface area (Å²) in [5.74, 6) is 0.612. The zero-order valence-electron chi connectivity index (χ0n) is 32.7. The van der Waals surface area contributed by atoms with Gasteiger partial charge in [-0.1, -0.05) is 176 Å². The monoisotopic (exact) mass is 766 g/mol. The van der Waals surface area contributed by atoms with Gasteiger partial charge >= 0.3 is 0 Å². The molecule has 1 heterocycles. The normalized spacial score (nSPS) is 11.3. The van der Waals surface area contributed by atoms with Crippen molar-refractivity contribution in [1.29, 1.82) is 0 Å². The van der Waals surface area contributed by atoms with Gasteiger partial charge in [0.05, 0.1) is 5.69 Å². The first-order valence-electron chi connectivity index (χ1n) is 20.4. The number of hydrogen-bond acceptors (Lipinski definition) is 3.